The van der Waals surface area contributed by atoms with Crippen molar-refractivity contribution < 1.29 is 8.78 Å². The highest BCUT2D eigenvalue weighted by molar-refractivity contribution is 5.27. The quantitative estimate of drug-likeness (QED) is 0.923. The first-order valence-electron chi connectivity index (χ1n) is 6.17. The lowest BCUT2D eigenvalue weighted by atomic mass is 9.87. The van der Waals surface area contributed by atoms with Gasteiger partial charge in [0, 0.05) is 24.3 Å². The van der Waals surface area contributed by atoms with Crippen LogP contribution in [0.3, 0.4) is 0 Å². The molecular weight excluding hydrogens is 248 g/mol. The van der Waals surface area contributed by atoms with Crippen molar-refractivity contribution >= 4 is 0 Å². The number of rotatable bonds is 4. The molecular formula is C14H17F2N3. The first-order chi connectivity index (χ1) is 8.90. The number of benzene rings is 1. The molecule has 1 atom stereocenters. The van der Waals surface area contributed by atoms with Gasteiger partial charge in [0.1, 0.15) is 11.6 Å². The standard InChI is InChI=1S/C14H17F2N3/c1-3-19-9-10(8-18-19)7-14(2,17)11-4-12(15)6-13(16)5-11/h4-6,8-9H,3,7,17H2,1-2H3. The lowest BCUT2D eigenvalue weighted by Gasteiger charge is -2.24. The van der Waals surface area contributed by atoms with Gasteiger partial charge in [-0.1, -0.05) is 0 Å². The van der Waals surface area contributed by atoms with Crippen LogP contribution in [0, 0.1) is 11.6 Å². The molecule has 2 N–H and O–H groups in total. The van der Waals surface area contributed by atoms with E-state index < -0.39 is 17.2 Å². The maximum atomic E-state index is 13.2. The predicted molar refractivity (Wildman–Crippen MR) is 69.5 cm³/mol. The number of aromatic nitrogens is 2. The first-order valence-corrected chi connectivity index (χ1v) is 6.17. The van der Waals surface area contributed by atoms with Gasteiger partial charge in [-0.05, 0) is 43.5 Å². The molecule has 0 aliphatic rings. The highest BCUT2D eigenvalue weighted by atomic mass is 19.1. The maximum Gasteiger partial charge on any atom is 0.126 e. The molecule has 1 heterocycles. The van der Waals surface area contributed by atoms with Gasteiger partial charge in [-0.2, -0.15) is 5.10 Å². The normalized spacial score (nSPS) is 14.4. The van der Waals surface area contributed by atoms with Gasteiger partial charge in [-0.15, -0.1) is 0 Å². The van der Waals surface area contributed by atoms with Gasteiger partial charge < -0.3 is 5.73 Å². The first kappa shape index (κ1) is 13.7. The van der Waals surface area contributed by atoms with E-state index in [0.29, 0.717) is 12.0 Å². The fourth-order valence-corrected chi connectivity index (χ4v) is 2.08. The molecule has 0 fully saturated rings. The van der Waals surface area contributed by atoms with E-state index in [2.05, 4.69) is 5.10 Å². The SMILES string of the molecule is CCn1cc(CC(C)(N)c2cc(F)cc(F)c2)cn1. The Balaban J connectivity index is 2.25. The molecule has 0 saturated carbocycles. The molecule has 3 nitrogen and oxygen atoms in total. The Labute approximate surface area is 111 Å². The lowest BCUT2D eigenvalue weighted by molar-refractivity contribution is 0.478. The van der Waals surface area contributed by atoms with Crippen LogP contribution in [0.5, 0.6) is 0 Å². The molecule has 5 heteroatoms. The van der Waals surface area contributed by atoms with Crippen LogP contribution >= 0.6 is 0 Å². The summed E-state index contributed by atoms with van der Waals surface area (Å²) in [5, 5.41) is 4.16. The fourth-order valence-electron chi connectivity index (χ4n) is 2.08. The minimum atomic E-state index is -0.843. The maximum absolute atomic E-state index is 13.2. The predicted octanol–water partition coefficient (Wildman–Crippen LogP) is 2.60. The highest BCUT2D eigenvalue weighted by Gasteiger charge is 2.23. The van der Waals surface area contributed by atoms with Crippen molar-refractivity contribution in [1.29, 1.82) is 0 Å². The van der Waals surface area contributed by atoms with Crippen molar-refractivity contribution in [2.45, 2.75) is 32.4 Å². The third kappa shape index (κ3) is 3.17. The van der Waals surface area contributed by atoms with E-state index in [0.717, 1.165) is 18.2 Å². The van der Waals surface area contributed by atoms with Gasteiger partial charge in [-0.3, -0.25) is 4.68 Å². The summed E-state index contributed by atoms with van der Waals surface area (Å²) in [5.74, 6) is -1.23. The Hall–Kier alpha value is -1.75. The molecule has 0 aliphatic heterocycles. The number of hydrogen-bond acceptors (Lipinski definition) is 2. The second kappa shape index (κ2) is 5.09. The van der Waals surface area contributed by atoms with E-state index in [-0.39, 0.29) is 0 Å². The zero-order valence-corrected chi connectivity index (χ0v) is 11.0. The summed E-state index contributed by atoms with van der Waals surface area (Å²) in [6.07, 6.45) is 4.08. The lowest BCUT2D eigenvalue weighted by Crippen LogP contribution is -2.35. The van der Waals surface area contributed by atoms with E-state index in [1.165, 1.54) is 12.1 Å². The third-order valence-electron chi connectivity index (χ3n) is 3.10. The van der Waals surface area contributed by atoms with Gasteiger partial charge in [0.05, 0.1) is 6.20 Å². The molecule has 0 radical (unpaired) electrons. The zero-order valence-electron chi connectivity index (χ0n) is 11.0. The molecule has 19 heavy (non-hydrogen) atoms. The zero-order chi connectivity index (χ0) is 14.0. The summed E-state index contributed by atoms with van der Waals surface area (Å²) < 4.78 is 28.3. The van der Waals surface area contributed by atoms with Crippen LogP contribution < -0.4 is 5.73 Å². The summed E-state index contributed by atoms with van der Waals surface area (Å²) in [6.45, 7) is 4.51. The Morgan fingerprint density at radius 2 is 1.89 bits per heavy atom. The topological polar surface area (TPSA) is 43.8 Å². The van der Waals surface area contributed by atoms with Gasteiger partial charge in [-0.25, -0.2) is 8.78 Å². The Kier molecular flexibility index (Phi) is 3.66. The Bertz CT molecular complexity index is 556. The van der Waals surface area contributed by atoms with Gasteiger partial charge >= 0.3 is 0 Å². The van der Waals surface area contributed by atoms with Crippen molar-refractivity contribution in [1.82, 2.24) is 9.78 Å². The average Bonchev–Trinajstić information content (AvgIpc) is 2.74. The minimum Gasteiger partial charge on any atom is -0.321 e. The van der Waals surface area contributed by atoms with E-state index in [4.69, 9.17) is 5.73 Å². The summed E-state index contributed by atoms with van der Waals surface area (Å²) in [5.41, 5.74) is 6.73. The molecule has 0 aliphatic carbocycles. The molecule has 1 aromatic heterocycles. The molecule has 1 aromatic carbocycles. The second-order valence-corrected chi connectivity index (χ2v) is 4.96. The van der Waals surface area contributed by atoms with Crippen molar-refractivity contribution in [2.24, 2.45) is 5.73 Å². The summed E-state index contributed by atoms with van der Waals surface area (Å²) >= 11 is 0. The number of halogens is 2. The van der Waals surface area contributed by atoms with Crippen LogP contribution in [-0.2, 0) is 18.5 Å². The van der Waals surface area contributed by atoms with Crippen molar-refractivity contribution in [3.63, 3.8) is 0 Å². The number of hydrogen-bond donors (Lipinski definition) is 1. The van der Waals surface area contributed by atoms with Crippen LogP contribution in [0.4, 0.5) is 8.78 Å². The smallest absolute Gasteiger partial charge is 0.126 e. The van der Waals surface area contributed by atoms with Crippen LogP contribution in [0.2, 0.25) is 0 Å². The van der Waals surface area contributed by atoms with E-state index in [1.807, 2.05) is 13.1 Å². The van der Waals surface area contributed by atoms with Crippen LogP contribution in [0.25, 0.3) is 0 Å². The number of aryl methyl sites for hydroxylation is 1. The number of nitrogens with zero attached hydrogens (tertiary/aromatic N) is 2. The monoisotopic (exact) mass is 265 g/mol. The number of nitrogens with two attached hydrogens (primary N) is 1. The minimum absolute atomic E-state index is 0.439. The summed E-state index contributed by atoms with van der Waals surface area (Å²) in [4.78, 5) is 0. The van der Waals surface area contributed by atoms with Gasteiger partial charge in [0.25, 0.3) is 0 Å². The van der Waals surface area contributed by atoms with Crippen LogP contribution in [-0.4, -0.2) is 9.78 Å². The Morgan fingerprint density at radius 1 is 1.26 bits per heavy atom. The fraction of sp³-hybridized carbons (Fsp3) is 0.357. The van der Waals surface area contributed by atoms with Gasteiger partial charge in [0.2, 0.25) is 0 Å². The van der Waals surface area contributed by atoms with E-state index >= 15 is 0 Å². The summed E-state index contributed by atoms with van der Waals surface area (Å²) in [7, 11) is 0. The molecule has 1 unspecified atom stereocenters. The van der Waals surface area contributed by atoms with Crippen molar-refractivity contribution in [3.05, 3.63) is 53.4 Å². The van der Waals surface area contributed by atoms with Gasteiger partial charge in [0.15, 0.2) is 0 Å². The molecule has 2 aromatic rings. The molecule has 2 rings (SSSR count). The molecule has 0 spiro atoms. The van der Waals surface area contributed by atoms with Crippen LogP contribution in [0.15, 0.2) is 30.6 Å². The molecule has 102 valence electrons. The molecule has 0 saturated heterocycles. The van der Waals surface area contributed by atoms with Crippen LogP contribution in [0.1, 0.15) is 25.0 Å². The van der Waals surface area contributed by atoms with Crippen molar-refractivity contribution in [2.75, 3.05) is 0 Å². The second-order valence-electron chi connectivity index (χ2n) is 4.96. The summed E-state index contributed by atoms with van der Waals surface area (Å²) in [6, 6.07) is 3.38. The van der Waals surface area contributed by atoms with E-state index in [1.54, 1.807) is 17.8 Å². The highest BCUT2D eigenvalue weighted by Crippen LogP contribution is 2.24. The van der Waals surface area contributed by atoms with Crippen molar-refractivity contribution in [3.8, 4) is 0 Å². The largest absolute Gasteiger partial charge is 0.321 e. The Morgan fingerprint density at radius 3 is 2.42 bits per heavy atom. The average molecular weight is 265 g/mol. The third-order valence-corrected chi connectivity index (χ3v) is 3.10. The molecule has 0 bridgehead atoms. The van der Waals surface area contributed by atoms with E-state index in [9.17, 15) is 8.78 Å². The molecule has 0 amide bonds.